The number of fused-ring (bicyclic) bond motifs is 2. The van der Waals surface area contributed by atoms with E-state index < -0.39 is 17.5 Å². The second-order valence-electron chi connectivity index (χ2n) is 8.09. The maximum Gasteiger partial charge on any atom is 0.410 e. The van der Waals surface area contributed by atoms with Crippen molar-refractivity contribution in [2.24, 2.45) is 0 Å². The summed E-state index contributed by atoms with van der Waals surface area (Å²) in [6.45, 7) is 8.23. The Kier molecular flexibility index (Phi) is 5.83. The van der Waals surface area contributed by atoms with Crippen LogP contribution in [0.3, 0.4) is 0 Å². The van der Waals surface area contributed by atoms with Crippen LogP contribution in [-0.2, 0) is 4.74 Å². The molecule has 2 atom stereocenters. The van der Waals surface area contributed by atoms with E-state index in [2.05, 4.69) is 15.9 Å². The molecule has 2 aliphatic rings. The average Bonchev–Trinajstić information content (AvgIpc) is 2.59. The molecule has 0 bridgehead atoms. The zero-order valence-corrected chi connectivity index (χ0v) is 18.6. The molecule has 2 aliphatic heterocycles. The minimum Gasteiger partial charge on any atom is -0.491 e. The minimum atomic E-state index is -0.627. The molecule has 0 aromatic heterocycles. The Labute approximate surface area is 177 Å². The van der Waals surface area contributed by atoms with Crippen LogP contribution in [0.25, 0.3) is 0 Å². The number of halogens is 3. The second-order valence-corrected chi connectivity index (χ2v) is 9.26. The van der Waals surface area contributed by atoms with Crippen molar-refractivity contribution in [1.82, 2.24) is 9.80 Å². The van der Waals surface area contributed by atoms with Gasteiger partial charge in [0.25, 0.3) is 5.91 Å². The summed E-state index contributed by atoms with van der Waals surface area (Å²) in [6.07, 6.45) is 0.108. The topological polar surface area (TPSA) is 59.1 Å². The number of nitrogens with zero attached hydrogens (tertiary/aromatic N) is 2. The first-order chi connectivity index (χ1) is 13.0. The molecule has 6 nitrogen and oxygen atoms in total. The highest BCUT2D eigenvalue weighted by Crippen LogP contribution is 2.40. The minimum absolute atomic E-state index is 0.0437. The van der Waals surface area contributed by atoms with Crippen LogP contribution in [0.15, 0.2) is 10.5 Å². The maximum absolute atomic E-state index is 14.2. The quantitative estimate of drug-likeness (QED) is 0.517. The highest BCUT2D eigenvalue weighted by molar-refractivity contribution is 9.10. The number of amides is 2. The van der Waals surface area contributed by atoms with E-state index in [1.54, 1.807) is 9.80 Å². The molecule has 28 heavy (non-hydrogen) atoms. The second kappa shape index (κ2) is 7.71. The molecule has 9 heteroatoms. The fraction of sp³-hybridized carbons (Fsp3) is 0.579. The van der Waals surface area contributed by atoms with Crippen molar-refractivity contribution >= 4 is 39.5 Å². The Morgan fingerprint density at radius 3 is 2.71 bits per heavy atom. The van der Waals surface area contributed by atoms with Gasteiger partial charge in [0, 0.05) is 25.6 Å². The van der Waals surface area contributed by atoms with Crippen LogP contribution in [-0.4, -0.2) is 59.2 Å². The average molecular weight is 478 g/mol. The molecule has 1 saturated heterocycles. The van der Waals surface area contributed by atoms with E-state index in [4.69, 9.17) is 21.1 Å². The number of piperazine rings is 1. The van der Waals surface area contributed by atoms with E-state index in [-0.39, 0.29) is 45.4 Å². The molecule has 0 spiro atoms. The summed E-state index contributed by atoms with van der Waals surface area (Å²) in [7, 11) is 0. The Morgan fingerprint density at radius 2 is 2.07 bits per heavy atom. The van der Waals surface area contributed by atoms with E-state index >= 15 is 0 Å². The lowest BCUT2D eigenvalue weighted by molar-refractivity contribution is -0.0136. The highest BCUT2D eigenvalue weighted by atomic mass is 79.9. The SMILES string of the molecule is C[C@H]1CN2C(=O)c3cc(F)c(Br)c(Cl)c3OCC[C@H]2CN1C(=O)OC(C)(C)C. The molecule has 154 valence electrons. The van der Waals surface area contributed by atoms with Gasteiger partial charge in [-0.1, -0.05) is 11.6 Å². The van der Waals surface area contributed by atoms with Crippen LogP contribution in [0.2, 0.25) is 5.02 Å². The Hall–Kier alpha value is -1.54. The lowest BCUT2D eigenvalue weighted by Gasteiger charge is -2.46. The standard InChI is InChI=1S/C19H23BrClFN2O4/c1-10-8-24-11(9-23(10)18(26)28-19(2,3)4)5-6-27-16-12(17(24)25)7-13(22)14(20)15(16)21/h7,10-11H,5-6,8-9H2,1-4H3/t10-,11-/m0/s1. The molecular formula is C19H23BrClFN2O4. The molecule has 1 aromatic carbocycles. The number of rotatable bonds is 0. The third kappa shape index (κ3) is 4.08. The van der Waals surface area contributed by atoms with Crippen LogP contribution >= 0.6 is 27.5 Å². The van der Waals surface area contributed by atoms with E-state index in [9.17, 15) is 14.0 Å². The van der Waals surface area contributed by atoms with E-state index in [1.807, 2.05) is 27.7 Å². The van der Waals surface area contributed by atoms with Gasteiger partial charge >= 0.3 is 6.09 Å². The lowest BCUT2D eigenvalue weighted by atomic mass is 10.0. The van der Waals surface area contributed by atoms with Crippen molar-refractivity contribution in [3.05, 3.63) is 26.9 Å². The summed E-state index contributed by atoms with van der Waals surface area (Å²) in [5.41, 5.74) is -0.512. The highest BCUT2D eigenvalue weighted by Gasteiger charge is 2.40. The van der Waals surface area contributed by atoms with Gasteiger partial charge < -0.3 is 19.3 Å². The molecule has 0 radical (unpaired) electrons. The summed E-state index contributed by atoms with van der Waals surface area (Å²) in [5, 5.41) is 0.0437. The smallest absolute Gasteiger partial charge is 0.410 e. The number of benzene rings is 1. The zero-order valence-electron chi connectivity index (χ0n) is 16.2. The lowest BCUT2D eigenvalue weighted by Crippen LogP contribution is -2.61. The number of carbonyl (C=O) groups excluding carboxylic acids is 2. The van der Waals surface area contributed by atoms with Crippen LogP contribution in [0.5, 0.6) is 5.75 Å². The molecular weight excluding hydrogens is 455 g/mol. The third-order valence-corrected chi connectivity index (χ3v) is 6.14. The molecule has 0 N–H and O–H groups in total. The first kappa shape index (κ1) is 21.2. The predicted octanol–water partition coefficient (Wildman–Crippen LogP) is 4.47. The van der Waals surface area contributed by atoms with Gasteiger partial charge in [0.05, 0.1) is 22.7 Å². The predicted molar refractivity (Wildman–Crippen MR) is 106 cm³/mol. The fourth-order valence-electron chi connectivity index (χ4n) is 3.44. The molecule has 0 unspecified atom stereocenters. The van der Waals surface area contributed by atoms with Crippen LogP contribution in [0, 0.1) is 5.82 Å². The van der Waals surface area contributed by atoms with Crippen molar-refractivity contribution in [1.29, 1.82) is 0 Å². The van der Waals surface area contributed by atoms with E-state index in [0.717, 1.165) is 6.07 Å². The third-order valence-electron chi connectivity index (χ3n) is 4.78. The Balaban J connectivity index is 1.89. The van der Waals surface area contributed by atoms with Gasteiger partial charge in [-0.25, -0.2) is 9.18 Å². The number of carbonyl (C=O) groups is 2. The Morgan fingerprint density at radius 1 is 1.39 bits per heavy atom. The van der Waals surface area contributed by atoms with Crippen LogP contribution < -0.4 is 4.74 Å². The largest absolute Gasteiger partial charge is 0.491 e. The normalized spacial score (nSPS) is 22.6. The van der Waals surface area contributed by atoms with E-state index in [0.29, 0.717) is 19.5 Å². The van der Waals surface area contributed by atoms with Gasteiger partial charge in [-0.15, -0.1) is 0 Å². The van der Waals surface area contributed by atoms with Gasteiger partial charge in [-0.2, -0.15) is 0 Å². The van der Waals surface area contributed by atoms with Crippen LogP contribution in [0.1, 0.15) is 44.5 Å². The molecule has 2 heterocycles. The molecule has 0 saturated carbocycles. The summed E-state index contributed by atoms with van der Waals surface area (Å²) in [6, 6.07) is 0.644. The van der Waals surface area contributed by atoms with Gasteiger partial charge in [-0.3, -0.25) is 4.79 Å². The Bertz CT molecular complexity index is 814. The zero-order chi connectivity index (χ0) is 20.8. The van der Waals surface area contributed by atoms with Crippen molar-refractivity contribution in [2.45, 2.75) is 51.8 Å². The first-order valence-corrected chi connectivity index (χ1v) is 10.3. The van der Waals surface area contributed by atoms with E-state index in [1.165, 1.54) is 0 Å². The molecule has 1 aromatic rings. The monoisotopic (exact) mass is 476 g/mol. The molecule has 2 amide bonds. The molecule has 0 aliphatic carbocycles. The first-order valence-electron chi connectivity index (χ1n) is 9.10. The van der Waals surface area contributed by atoms with Crippen molar-refractivity contribution in [3.63, 3.8) is 0 Å². The van der Waals surface area contributed by atoms with Gasteiger partial charge in [-0.05, 0) is 49.7 Å². The van der Waals surface area contributed by atoms with Gasteiger partial charge in [0.1, 0.15) is 16.4 Å². The summed E-state index contributed by atoms with van der Waals surface area (Å²) in [5.74, 6) is -0.803. The van der Waals surface area contributed by atoms with Gasteiger partial charge in [0.2, 0.25) is 0 Å². The molecule has 1 fully saturated rings. The van der Waals surface area contributed by atoms with Crippen molar-refractivity contribution < 1.29 is 23.5 Å². The fourth-order valence-corrected chi connectivity index (χ4v) is 3.98. The number of ether oxygens (including phenoxy) is 2. The summed E-state index contributed by atoms with van der Waals surface area (Å²) in [4.78, 5) is 29.0. The van der Waals surface area contributed by atoms with Crippen molar-refractivity contribution in [3.8, 4) is 5.75 Å². The van der Waals surface area contributed by atoms with Crippen LogP contribution in [0.4, 0.5) is 9.18 Å². The number of hydrogen-bond acceptors (Lipinski definition) is 4. The maximum atomic E-state index is 14.2. The molecule has 3 rings (SSSR count). The summed E-state index contributed by atoms with van der Waals surface area (Å²) < 4.78 is 25.4. The summed E-state index contributed by atoms with van der Waals surface area (Å²) >= 11 is 9.26. The van der Waals surface area contributed by atoms with Crippen molar-refractivity contribution in [2.75, 3.05) is 19.7 Å². The number of hydrogen-bond donors (Lipinski definition) is 0. The van der Waals surface area contributed by atoms with Gasteiger partial charge in [0.15, 0.2) is 5.75 Å².